The van der Waals surface area contributed by atoms with Crippen LogP contribution in [0.3, 0.4) is 0 Å². The first-order valence-corrected chi connectivity index (χ1v) is 5.81. The minimum Gasteiger partial charge on any atom is -0.355 e. The summed E-state index contributed by atoms with van der Waals surface area (Å²) in [6.07, 6.45) is 0.884. The third-order valence-corrected chi connectivity index (χ3v) is 2.50. The molecular formula is C11H19N3O3. The summed E-state index contributed by atoms with van der Waals surface area (Å²) in [5, 5.41) is 5.37. The fraction of sp³-hybridized carbons (Fsp3) is 0.727. The van der Waals surface area contributed by atoms with Crippen LogP contribution in [0.4, 0.5) is 0 Å². The molecule has 6 heteroatoms. The van der Waals surface area contributed by atoms with E-state index in [9.17, 15) is 14.4 Å². The molecule has 1 rings (SSSR count). The van der Waals surface area contributed by atoms with Crippen LogP contribution in [-0.4, -0.2) is 48.8 Å². The molecule has 2 N–H and O–H groups in total. The van der Waals surface area contributed by atoms with Crippen molar-refractivity contribution in [2.45, 2.75) is 20.3 Å². The number of nitrogens with one attached hydrogen (secondary N) is 2. The second kappa shape index (κ2) is 6.34. The smallest absolute Gasteiger partial charge is 0.243 e. The van der Waals surface area contributed by atoms with Crippen LogP contribution in [0.5, 0.6) is 0 Å². The average molecular weight is 241 g/mol. The number of piperazine rings is 1. The van der Waals surface area contributed by atoms with E-state index in [1.165, 1.54) is 0 Å². The molecule has 0 aromatic heterocycles. The molecule has 6 nitrogen and oxygen atoms in total. The molecule has 0 spiro atoms. The monoisotopic (exact) mass is 241 g/mol. The summed E-state index contributed by atoms with van der Waals surface area (Å²) in [4.78, 5) is 35.3. The molecule has 3 amide bonds. The number of carbonyl (C=O) groups is 3. The maximum absolute atomic E-state index is 11.5. The predicted octanol–water partition coefficient (Wildman–Crippen LogP) is -0.893. The van der Waals surface area contributed by atoms with Crippen molar-refractivity contribution in [3.8, 4) is 0 Å². The predicted molar refractivity (Wildman–Crippen MR) is 62.1 cm³/mol. The van der Waals surface area contributed by atoms with Gasteiger partial charge in [0.1, 0.15) is 6.54 Å². The Kier molecular flexibility index (Phi) is 5.09. The van der Waals surface area contributed by atoms with Crippen molar-refractivity contribution >= 4 is 17.7 Å². The highest BCUT2D eigenvalue weighted by Gasteiger charge is 2.27. The lowest BCUT2D eigenvalue weighted by Crippen LogP contribution is -2.54. The van der Waals surface area contributed by atoms with E-state index < -0.39 is 0 Å². The Morgan fingerprint density at radius 3 is 2.47 bits per heavy atom. The Hall–Kier alpha value is -1.43. The Balaban J connectivity index is 2.34. The Morgan fingerprint density at radius 1 is 1.35 bits per heavy atom. The van der Waals surface area contributed by atoms with Crippen LogP contribution in [0.1, 0.15) is 20.3 Å². The van der Waals surface area contributed by atoms with Crippen LogP contribution in [0.2, 0.25) is 0 Å². The maximum atomic E-state index is 11.5. The van der Waals surface area contributed by atoms with E-state index in [2.05, 4.69) is 24.5 Å². The maximum Gasteiger partial charge on any atom is 0.243 e. The van der Waals surface area contributed by atoms with Gasteiger partial charge in [-0.25, -0.2) is 0 Å². The summed E-state index contributed by atoms with van der Waals surface area (Å²) in [5.74, 6) is -0.465. The fourth-order valence-corrected chi connectivity index (χ4v) is 1.48. The molecule has 0 bridgehead atoms. The number of carbonyl (C=O) groups excluding carboxylic acids is 3. The highest BCUT2D eigenvalue weighted by Crippen LogP contribution is 1.98. The minimum atomic E-state index is -0.347. The second-order valence-electron chi connectivity index (χ2n) is 4.51. The van der Waals surface area contributed by atoms with Crippen LogP contribution in [0.15, 0.2) is 0 Å². The van der Waals surface area contributed by atoms with E-state index in [0.717, 1.165) is 11.3 Å². The molecule has 0 aromatic rings. The number of hydrogen-bond donors (Lipinski definition) is 2. The van der Waals surface area contributed by atoms with Gasteiger partial charge in [0.15, 0.2) is 0 Å². The van der Waals surface area contributed by atoms with Crippen molar-refractivity contribution in [3.05, 3.63) is 0 Å². The first-order valence-electron chi connectivity index (χ1n) is 5.81. The second-order valence-corrected chi connectivity index (χ2v) is 4.51. The van der Waals surface area contributed by atoms with Crippen molar-refractivity contribution < 1.29 is 14.4 Å². The van der Waals surface area contributed by atoms with Crippen LogP contribution in [0, 0.1) is 5.92 Å². The van der Waals surface area contributed by atoms with Gasteiger partial charge in [-0.3, -0.25) is 24.6 Å². The number of imide groups is 1. The summed E-state index contributed by atoms with van der Waals surface area (Å²) < 4.78 is 0. The Morgan fingerprint density at radius 2 is 1.94 bits per heavy atom. The van der Waals surface area contributed by atoms with Crippen molar-refractivity contribution in [2.75, 3.05) is 26.2 Å². The largest absolute Gasteiger partial charge is 0.355 e. The van der Waals surface area contributed by atoms with Crippen LogP contribution >= 0.6 is 0 Å². The van der Waals surface area contributed by atoms with Crippen molar-refractivity contribution in [1.29, 1.82) is 0 Å². The SMILES string of the molecule is CC(C)CCNC(=O)CN1C(=O)CNCC1=O. The molecule has 1 fully saturated rings. The molecule has 1 heterocycles. The molecule has 0 aromatic carbocycles. The summed E-state index contributed by atoms with van der Waals surface area (Å²) in [6.45, 7) is 4.77. The van der Waals surface area contributed by atoms with Gasteiger partial charge in [-0.1, -0.05) is 13.8 Å². The van der Waals surface area contributed by atoms with Crippen LogP contribution < -0.4 is 10.6 Å². The molecule has 17 heavy (non-hydrogen) atoms. The van der Waals surface area contributed by atoms with Crippen molar-refractivity contribution in [3.63, 3.8) is 0 Å². The van der Waals surface area contributed by atoms with Crippen molar-refractivity contribution in [1.82, 2.24) is 15.5 Å². The van der Waals surface area contributed by atoms with Crippen molar-refractivity contribution in [2.24, 2.45) is 5.92 Å². The lowest BCUT2D eigenvalue weighted by molar-refractivity contribution is -0.149. The molecule has 96 valence electrons. The Bertz CT molecular complexity index is 299. The van der Waals surface area contributed by atoms with E-state index in [4.69, 9.17) is 0 Å². The van der Waals surface area contributed by atoms with E-state index >= 15 is 0 Å². The van der Waals surface area contributed by atoms with E-state index in [0.29, 0.717) is 12.5 Å². The average Bonchev–Trinajstić information content (AvgIpc) is 2.23. The van der Waals surface area contributed by atoms with E-state index in [-0.39, 0.29) is 37.4 Å². The number of amides is 3. The number of hydrogen-bond acceptors (Lipinski definition) is 4. The highest BCUT2D eigenvalue weighted by molar-refractivity contribution is 6.02. The molecular weight excluding hydrogens is 222 g/mol. The highest BCUT2D eigenvalue weighted by atomic mass is 16.2. The summed E-state index contributed by atoms with van der Waals surface area (Å²) in [6, 6.07) is 0. The third kappa shape index (κ3) is 4.52. The molecule has 0 aliphatic carbocycles. The van der Waals surface area contributed by atoms with E-state index in [1.54, 1.807) is 0 Å². The molecule has 0 radical (unpaired) electrons. The van der Waals surface area contributed by atoms with Gasteiger partial charge in [-0.15, -0.1) is 0 Å². The first kappa shape index (κ1) is 13.6. The quantitative estimate of drug-likeness (QED) is 0.612. The summed E-state index contributed by atoms with van der Waals surface area (Å²) >= 11 is 0. The zero-order chi connectivity index (χ0) is 12.8. The molecule has 0 saturated carbocycles. The lowest BCUT2D eigenvalue weighted by atomic mass is 10.1. The van der Waals surface area contributed by atoms with Gasteiger partial charge in [-0.2, -0.15) is 0 Å². The number of rotatable bonds is 5. The van der Waals surface area contributed by atoms with Crippen LogP contribution in [0.25, 0.3) is 0 Å². The van der Waals surface area contributed by atoms with Gasteiger partial charge in [0.05, 0.1) is 13.1 Å². The van der Waals surface area contributed by atoms with E-state index in [1.807, 2.05) is 0 Å². The van der Waals surface area contributed by atoms with Gasteiger partial charge in [0, 0.05) is 6.54 Å². The minimum absolute atomic E-state index is 0.116. The van der Waals surface area contributed by atoms with Gasteiger partial charge in [0.2, 0.25) is 17.7 Å². The first-order chi connectivity index (χ1) is 8.00. The molecule has 0 unspecified atom stereocenters. The normalized spacial score (nSPS) is 16.5. The lowest BCUT2D eigenvalue weighted by Gasteiger charge is -2.24. The van der Waals surface area contributed by atoms with Gasteiger partial charge < -0.3 is 5.32 Å². The zero-order valence-corrected chi connectivity index (χ0v) is 10.3. The Labute approximate surface area is 101 Å². The topological polar surface area (TPSA) is 78.5 Å². The molecule has 1 saturated heterocycles. The van der Waals surface area contributed by atoms with Gasteiger partial charge in [-0.05, 0) is 12.3 Å². The third-order valence-electron chi connectivity index (χ3n) is 2.50. The summed E-state index contributed by atoms with van der Waals surface area (Å²) in [5.41, 5.74) is 0. The standard InChI is InChI=1S/C11H19N3O3/c1-8(2)3-4-13-9(15)7-14-10(16)5-12-6-11(14)17/h8,12H,3-7H2,1-2H3,(H,13,15). The molecule has 1 aliphatic heterocycles. The van der Waals surface area contributed by atoms with Gasteiger partial charge in [0.25, 0.3) is 0 Å². The molecule has 1 aliphatic rings. The number of nitrogens with zero attached hydrogens (tertiary/aromatic N) is 1. The fourth-order valence-electron chi connectivity index (χ4n) is 1.48. The molecule has 0 atom stereocenters. The van der Waals surface area contributed by atoms with Gasteiger partial charge >= 0.3 is 0 Å². The van der Waals surface area contributed by atoms with Crippen LogP contribution in [-0.2, 0) is 14.4 Å². The zero-order valence-electron chi connectivity index (χ0n) is 10.3. The summed E-state index contributed by atoms with van der Waals surface area (Å²) in [7, 11) is 0.